The molecule has 1 amide bonds. The van der Waals surface area contributed by atoms with Crippen LogP contribution < -0.4 is 9.62 Å². The van der Waals surface area contributed by atoms with Crippen LogP contribution in [0.1, 0.15) is 12.0 Å². The Morgan fingerprint density at radius 1 is 0.879 bits per heavy atom. The largest absolute Gasteiger partial charge is 0.354 e. The predicted molar refractivity (Wildman–Crippen MR) is 138 cm³/mol. The minimum atomic E-state index is -3.97. The summed E-state index contributed by atoms with van der Waals surface area (Å²) in [5.41, 5.74) is 1.34. The van der Waals surface area contributed by atoms with E-state index in [4.69, 9.17) is 23.2 Å². The summed E-state index contributed by atoms with van der Waals surface area (Å²) in [4.78, 5) is 12.7. The van der Waals surface area contributed by atoms with E-state index in [1.807, 2.05) is 24.3 Å². The number of rotatable bonds is 11. The first kappa shape index (κ1) is 25.4. The van der Waals surface area contributed by atoms with Crippen molar-refractivity contribution in [3.05, 3.63) is 94.5 Å². The third kappa shape index (κ3) is 7.14. The molecule has 174 valence electrons. The first-order chi connectivity index (χ1) is 15.9. The Morgan fingerprint density at radius 2 is 1.52 bits per heavy atom. The van der Waals surface area contributed by atoms with E-state index < -0.39 is 15.9 Å². The van der Waals surface area contributed by atoms with E-state index >= 15 is 0 Å². The molecule has 0 saturated carbocycles. The number of carbonyl (C=O) groups excluding carboxylic acids is 1. The van der Waals surface area contributed by atoms with Crippen LogP contribution >= 0.6 is 35.0 Å². The van der Waals surface area contributed by atoms with Crippen molar-refractivity contribution in [2.45, 2.75) is 17.1 Å². The molecule has 0 atom stereocenters. The molecule has 0 radical (unpaired) electrons. The van der Waals surface area contributed by atoms with Crippen molar-refractivity contribution < 1.29 is 13.2 Å². The van der Waals surface area contributed by atoms with Gasteiger partial charge in [0.25, 0.3) is 10.0 Å². The number of thioether (sulfide) groups is 1. The molecule has 3 aromatic carbocycles. The maximum atomic E-state index is 13.3. The van der Waals surface area contributed by atoms with Crippen LogP contribution in [0, 0.1) is 0 Å². The molecule has 33 heavy (non-hydrogen) atoms. The van der Waals surface area contributed by atoms with Gasteiger partial charge in [0.2, 0.25) is 5.91 Å². The van der Waals surface area contributed by atoms with E-state index in [1.54, 1.807) is 54.2 Å². The molecular formula is C24H24Cl2N2O3S2. The van der Waals surface area contributed by atoms with Crippen molar-refractivity contribution in [2.24, 2.45) is 0 Å². The van der Waals surface area contributed by atoms with Crippen LogP contribution in [0.2, 0.25) is 10.0 Å². The van der Waals surface area contributed by atoms with Crippen molar-refractivity contribution in [3.63, 3.8) is 0 Å². The molecule has 0 saturated heterocycles. The van der Waals surface area contributed by atoms with Gasteiger partial charge >= 0.3 is 0 Å². The topological polar surface area (TPSA) is 66.5 Å². The minimum Gasteiger partial charge on any atom is -0.354 e. The number of anilines is 1. The molecule has 5 nitrogen and oxygen atoms in total. The number of para-hydroxylation sites is 1. The van der Waals surface area contributed by atoms with Gasteiger partial charge in [0.1, 0.15) is 6.54 Å². The van der Waals surface area contributed by atoms with Crippen molar-refractivity contribution in [1.29, 1.82) is 0 Å². The Balaban J connectivity index is 1.58. The van der Waals surface area contributed by atoms with Gasteiger partial charge in [-0.05, 0) is 48.1 Å². The van der Waals surface area contributed by atoms with Crippen molar-refractivity contribution in [3.8, 4) is 0 Å². The predicted octanol–water partition coefficient (Wildman–Crippen LogP) is 5.63. The third-order valence-electron chi connectivity index (χ3n) is 4.74. The molecule has 0 aliphatic heterocycles. The van der Waals surface area contributed by atoms with Gasteiger partial charge in [-0.25, -0.2) is 8.42 Å². The summed E-state index contributed by atoms with van der Waals surface area (Å²) in [6.45, 7) is 0.0732. The summed E-state index contributed by atoms with van der Waals surface area (Å²) >= 11 is 14.2. The smallest absolute Gasteiger partial charge is 0.264 e. The summed E-state index contributed by atoms with van der Waals surface area (Å²) in [7, 11) is -3.97. The standard InChI is InChI=1S/C24H24Cl2N2O3S2/c25-21-12-5-4-9-19(21)18-32-16-8-15-27-24(29)17-28(23-14-7-6-13-22(23)26)33(30,31)20-10-2-1-3-11-20/h1-7,9-14H,8,15-18H2,(H,27,29). The van der Waals surface area contributed by atoms with Gasteiger partial charge in [-0.3, -0.25) is 9.10 Å². The lowest BCUT2D eigenvalue weighted by Gasteiger charge is -2.25. The summed E-state index contributed by atoms with van der Waals surface area (Å²) in [6.07, 6.45) is 0.748. The summed E-state index contributed by atoms with van der Waals surface area (Å²) in [6, 6.07) is 22.3. The van der Waals surface area contributed by atoms with Gasteiger partial charge in [0.15, 0.2) is 0 Å². The molecule has 0 bridgehead atoms. The molecule has 0 aliphatic rings. The number of sulfonamides is 1. The third-order valence-corrected chi connectivity index (χ3v) is 8.30. The maximum Gasteiger partial charge on any atom is 0.264 e. The Labute approximate surface area is 209 Å². The number of hydrogen-bond acceptors (Lipinski definition) is 4. The number of hydrogen-bond donors (Lipinski definition) is 1. The second-order valence-corrected chi connectivity index (χ2v) is 10.9. The normalized spacial score (nSPS) is 11.2. The Bertz CT molecular complexity index is 1180. The van der Waals surface area contributed by atoms with E-state index in [-0.39, 0.29) is 22.2 Å². The summed E-state index contributed by atoms with van der Waals surface area (Å²) in [5, 5.41) is 3.81. The molecule has 3 rings (SSSR count). The molecule has 0 spiro atoms. The highest BCUT2D eigenvalue weighted by molar-refractivity contribution is 7.98. The molecule has 0 heterocycles. The zero-order valence-electron chi connectivity index (χ0n) is 17.8. The highest BCUT2D eigenvalue weighted by Crippen LogP contribution is 2.30. The second-order valence-electron chi connectivity index (χ2n) is 7.12. The fourth-order valence-corrected chi connectivity index (χ4v) is 6.05. The van der Waals surface area contributed by atoms with Gasteiger partial charge in [0, 0.05) is 17.3 Å². The van der Waals surface area contributed by atoms with Gasteiger partial charge in [-0.1, -0.05) is 71.7 Å². The van der Waals surface area contributed by atoms with Gasteiger partial charge < -0.3 is 5.32 Å². The quantitative estimate of drug-likeness (QED) is 0.331. The van der Waals surface area contributed by atoms with Crippen molar-refractivity contribution in [1.82, 2.24) is 5.32 Å². The molecule has 3 aromatic rings. The number of benzene rings is 3. The van der Waals surface area contributed by atoms with Crippen LogP contribution in [0.4, 0.5) is 5.69 Å². The van der Waals surface area contributed by atoms with Gasteiger partial charge in [-0.2, -0.15) is 11.8 Å². The van der Waals surface area contributed by atoms with Crippen LogP contribution in [0.15, 0.2) is 83.8 Å². The number of nitrogens with zero attached hydrogens (tertiary/aromatic N) is 1. The monoisotopic (exact) mass is 522 g/mol. The van der Waals surface area contributed by atoms with E-state index in [9.17, 15) is 13.2 Å². The fraction of sp³-hybridized carbons (Fsp3) is 0.208. The molecule has 0 unspecified atom stereocenters. The van der Waals surface area contributed by atoms with Crippen LogP contribution in [-0.2, 0) is 20.6 Å². The summed E-state index contributed by atoms with van der Waals surface area (Å²) in [5.74, 6) is 1.23. The maximum absolute atomic E-state index is 13.3. The van der Waals surface area contributed by atoms with Crippen LogP contribution in [-0.4, -0.2) is 33.2 Å². The number of amides is 1. The van der Waals surface area contributed by atoms with Gasteiger partial charge in [0.05, 0.1) is 15.6 Å². The van der Waals surface area contributed by atoms with Crippen LogP contribution in [0.25, 0.3) is 0 Å². The van der Waals surface area contributed by atoms with Crippen molar-refractivity contribution in [2.75, 3.05) is 23.1 Å². The molecular weight excluding hydrogens is 499 g/mol. The average molecular weight is 524 g/mol. The molecule has 0 aromatic heterocycles. The Hall–Kier alpha value is -2.19. The second kappa shape index (κ2) is 12.3. The zero-order valence-corrected chi connectivity index (χ0v) is 20.9. The van der Waals surface area contributed by atoms with Crippen molar-refractivity contribution >= 4 is 56.6 Å². The zero-order chi connectivity index (χ0) is 23.7. The molecule has 9 heteroatoms. The minimum absolute atomic E-state index is 0.0914. The molecule has 0 fully saturated rings. The first-order valence-electron chi connectivity index (χ1n) is 10.3. The van der Waals surface area contributed by atoms with E-state index in [1.165, 1.54) is 12.1 Å². The highest BCUT2D eigenvalue weighted by Gasteiger charge is 2.28. The van der Waals surface area contributed by atoms with E-state index in [0.29, 0.717) is 6.54 Å². The Kier molecular flexibility index (Phi) is 9.50. The molecule has 0 aliphatic carbocycles. The van der Waals surface area contributed by atoms with E-state index in [0.717, 1.165) is 32.8 Å². The van der Waals surface area contributed by atoms with Crippen LogP contribution in [0.3, 0.4) is 0 Å². The average Bonchev–Trinajstić information content (AvgIpc) is 2.82. The number of carbonyl (C=O) groups is 1. The lowest BCUT2D eigenvalue weighted by molar-refractivity contribution is -0.119. The lowest BCUT2D eigenvalue weighted by atomic mass is 10.2. The highest BCUT2D eigenvalue weighted by atomic mass is 35.5. The van der Waals surface area contributed by atoms with Gasteiger partial charge in [-0.15, -0.1) is 0 Å². The summed E-state index contributed by atoms with van der Waals surface area (Å²) < 4.78 is 27.6. The molecule has 1 N–H and O–H groups in total. The number of nitrogens with one attached hydrogen (secondary N) is 1. The first-order valence-corrected chi connectivity index (χ1v) is 13.6. The number of halogens is 2. The fourth-order valence-electron chi connectivity index (χ4n) is 3.06. The lowest BCUT2D eigenvalue weighted by Crippen LogP contribution is -2.41. The Morgan fingerprint density at radius 3 is 2.21 bits per heavy atom. The SMILES string of the molecule is O=C(CN(c1ccccc1Cl)S(=O)(=O)c1ccccc1)NCCCSCc1ccccc1Cl. The van der Waals surface area contributed by atoms with E-state index in [2.05, 4.69) is 5.32 Å². The van der Waals surface area contributed by atoms with Crippen LogP contribution in [0.5, 0.6) is 0 Å².